The van der Waals surface area contributed by atoms with Crippen molar-refractivity contribution in [3.8, 4) is 22.8 Å². The average molecular weight is 439 g/mol. The molecule has 4 rings (SSSR count). The van der Waals surface area contributed by atoms with E-state index in [9.17, 15) is 9.18 Å². The predicted molar refractivity (Wildman–Crippen MR) is 121 cm³/mol. The van der Waals surface area contributed by atoms with Gasteiger partial charge in [-0.25, -0.2) is 9.07 Å². The normalized spacial score (nSPS) is 11.7. The predicted octanol–water partition coefficient (Wildman–Crippen LogP) is 5.52. The molecule has 0 atom stereocenters. The molecule has 2 aliphatic rings. The van der Waals surface area contributed by atoms with E-state index in [1.807, 2.05) is 18.2 Å². The Bertz CT molecular complexity index is 1250. The Morgan fingerprint density at radius 2 is 1.81 bits per heavy atom. The minimum Gasteiger partial charge on any atom is -0.493 e. The van der Waals surface area contributed by atoms with Crippen LogP contribution in [-0.2, 0) is 16.3 Å². The van der Waals surface area contributed by atoms with Gasteiger partial charge in [-0.15, -0.1) is 0 Å². The van der Waals surface area contributed by atoms with Gasteiger partial charge in [0.2, 0.25) is 0 Å². The summed E-state index contributed by atoms with van der Waals surface area (Å²) in [5.41, 5.74) is 1.62. The second-order valence-electron chi connectivity index (χ2n) is 8.56. The zero-order chi connectivity index (χ0) is 23.0. The van der Waals surface area contributed by atoms with Crippen molar-refractivity contribution in [3.63, 3.8) is 0 Å². The first-order valence-electron chi connectivity index (χ1n) is 10.2. The highest BCUT2D eigenvalue weighted by atomic mass is 19.1. The Hall–Kier alpha value is -3.68. The minimum atomic E-state index is -0.630. The molecular weight excluding hydrogens is 413 g/mol. The third-order valence-corrected chi connectivity index (χ3v) is 5.19. The molecule has 2 N–H and O–H groups in total. The van der Waals surface area contributed by atoms with E-state index in [4.69, 9.17) is 14.2 Å². The van der Waals surface area contributed by atoms with E-state index in [1.165, 1.54) is 12.1 Å². The third kappa shape index (κ3) is 3.95. The van der Waals surface area contributed by atoms with Crippen molar-refractivity contribution < 1.29 is 23.4 Å². The zero-order valence-corrected chi connectivity index (χ0v) is 18.7. The number of aromatic amines is 1. The lowest BCUT2D eigenvalue weighted by Crippen LogP contribution is -2.24. The highest BCUT2D eigenvalue weighted by molar-refractivity contribution is 6.05. The Kier molecular flexibility index (Phi) is 5.46. The van der Waals surface area contributed by atoms with Crippen LogP contribution in [-0.4, -0.2) is 30.0 Å². The molecule has 0 unspecified atom stereocenters. The number of carbonyl (C=O) groups excluding carboxylic acids is 1. The lowest BCUT2D eigenvalue weighted by atomic mass is 9.98. The van der Waals surface area contributed by atoms with E-state index in [2.05, 4.69) is 10.4 Å². The third-order valence-electron chi connectivity index (χ3n) is 5.19. The second kappa shape index (κ2) is 8.11. The number of anilines is 2. The number of H-pyrrole nitrogens is 1. The number of nitrogens with zero attached hydrogens (tertiary/aromatic N) is 1. The SMILES string of the molecule is COc1cc2cc3c(Nc4cccc(F)c4)n(COC(=O)C(C)(C)C)[nH]c-3c2cc1OC. The largest absolute Gasteiger partial charge is 0.493 e. The minimum absolute atomic E-state index is 0.0305. The first-order valence-corrected chi connectivity index (χ1v) is 10.2. The number of methoxy groups -OCH3 is 2. The van der Waals surface area contributed by atoms with Gasteiger partial charge in [-0.05, 0) is 62.6 Å². The number of benzene rings is 2. The molecule has 0 spiro atoms. The van der Waals surface area contributed by atoms with E-state index in [-0.39, 0.29) is 18.5 Å². The quantitative estimate of drug-likeness (QED) is 0.387. The van der Waals surface area contributed by atoms with Crippen LogP contribution in [0.15, 0.2) is 42.5 Å². The summed E-state index contributed by atoms with van der Waals surface area (Å²) in [5, 5.41) is 8.43. The number of hydrogen-bond donors (Lipinski definition) is 2. The van der Waals surface area contributed by atoms with Gasteiger partial charge >= 0.3 is 5.97 Å². The molecule has 2 aromatic carbocycles. The number of halogens is 1. The molecule has 7 nitrogen and oxygen atoms in total. The number of esters is 1. The molecule has 0 saturated carbocycles. The summed E-state index contributed by atoms with van der Waals surface area (Å²) >= 11 is 0. The lowest BCUT2D eigenvalue weighted by molar-refractivity contribution is -0.157. The number of hydrogen-bond acceptors (Lipinski definition) is 5. The summed E-state index contributed by atoms with van der Waals surface area (Å²) in [4.78, 5) is 12.3. The monoisotopic (exact) mass is 439 g/mol. The molecule has 1 aliphatic heterocycles. The summed E-state index contributed by atoms with van der Waals surface area (Å²) in [7, 11) is 3.18. The Morgan fingerprint density at radius 1 is 1.09 bits per heavy atom. The number of aromatic nitrogens is 2. The molecule has 1 aliphatic carbocycles. The molecule has 8 heteroatoms. The first kappa shape index (κ1) is 21.5. The number of carbonyl (C=O) groups is 1. The average Bonchev–Trinajstić information content (AvgIpc) is 3.26. The molecule has 2 aromatic rings. The summed E-state index contributed by atoms with van der Waals surface area (Å²) in [5.74, 6) is 1.19. The van der Waals surface area contributed by atoms with Crippen LogP contribution in [0.1, 0.15) is 20.8 Å². The van der Waals surface area contributed by atoms with Gasteiger partial charge in [-0.1, -0.05) is 6.07 Å². The zero-order valence-electron chi connectivity index (χ0n) is 18.7. The van der Waals surface area contributed by atoms with Crippen molar-refractivity contribution in [2.75, 3.05) is 19.5 Å². The maximum atomic E-state index is 13.8. The van der Waals surface area contributed by atoms with E-state index < -0.39 is 5.41 Å². The van der Waals surface area contributed by atoms with Crippen LogP contribution in [0.4, 0.5) is 15.9 Å². The molecule has 32 heavy (non-hydrogen) atoms. The molecule has 1 heterocycles. The summed E-state index contributed by atoms with van der Waals surface area (Å²) in [6.45, 7) is 5.36. The molecule has 0 amide bonds. The van der Waals surface area contributed by atoms with Crippen molar-refractivity contribution in [1.29, 1.82) is 0 Å². The van der Waals surface area contributed by atoms with Gasteiger partial charge in [0, 0.05) is 16.6 Å². The van der Waals surface area contributed by atoms with Gasteiger partial charge in [-0.3, -0.25) is 9.89 Å². The molecule has 0 aromatic heterocycles. The fourth-order valence-corrected chi connectivity index (χ4v) is 3.52. The second-order valence-corrected chi connectivity index (χ2v) is 8.56. The van der Waals surface area contributed by atoms with E-state index in [1.54, 1.807) is 51.8 Å². The molecular formula is C24H26FN3O4. The van der Waals surface area contributed by atoms with Crippen molar-refractivity contribution >= 4 is 28.2 Å². The Labute approximate surface area is 185 Å². The van der Waals surface area contributed by atoms with Gasteiger partial charge in [0.1, 0.15) is 11.6 Å². The van der Waals surface area contributed by atoms with Crippen molar-refractivity contribution in [2.24, 2.45) is 5.41 Å². The number of nitrogens with one attached hydrogen (secondary N) is 2. The van der Waals surface area contributed by atoms with Crippen LogP contribution in [0.3, 0.4) is 0 Å². The van der Waals surface area contributed by atoms with Crippen molar-refractivity contribution in [2.45, 2.75) is 27.5 Å². The van der Waals surface area contributed by atoms with E-state index in [0.717, 1.165) is 22.0 Å². The highest BCUT2D eigenvalue weighted by Crippen LogP contribution is 2.44. The van der Waals surface area contributed by atoms with Gasteiger partial charge < -0.3 is 19.5 Å². The molecule has 0 saturated heterocycles. The smallest absolute Gasteiger partial charge is 0.313 e. The standard InChI is InChI=1S/C24H26FN3O4/c1-24(2,3)23(29)32-13-28-22(26-16-8-6-7-15(25)11-16)18-9-14-10-19(30-4)20(31-5)12-17(14)21(18)27-28/h6-12,26-27H,13H2,1-5H3. The fraction of sp³-hybridized carbons (Fsp3) is 0.292. The van der Waals surface area contributed by atoms with Gasteiger partial charge in [-0.2, -0.15) is 0 Å². The van der Waals surface area contributed by atoms with E-state index in [0.29, 0.717) is 23.0 Å². The molecule has 0 fully saturated rings. The van der Waals surface area contributed by atoms with Crippen LogP contribution < -0.4 is 14.8 Å². The Morgan fingerprint density at radius 3 is 2.47 bits per heavy atom. The van der Waals surface area contributed by atoms with Crippen molar-refractivity contribution in [3.05, 3.63) is 48.3 Å². The Balaban J connectivity index is 1.81. The first-order chi connectivity index (χ1) is 15.2. The number of fused-ring (bicyclic) bond motifs is 3. The summed E-state index contributed by atoms with van der Waals surface area (Å²) in [6.07, 6.45) is 0. The van der Waals surface area contributed by atoms with Gasteiger partial charge in [0.15, 0.2) is 18.2 Å². The highest BCUT2D eigenvalue weighted by Gasteiger charge is 2.26. The van der Waals surface area contributed by atoms with Crippen molar-refractivity contribution in [1.82, 2.24) is 9.78 Å². The van der Waals surface area contributed by atoms with Crippen LogP contribution in [0, 0.1) is 11.2 Å². The van der Waals surface area contributed by atoms with Crippen LogP contribution in [0.25, 0.3) is 22.0 Å². The van der Waals surface area contributed by atoms with Crippen LogP contribution in [0.5, 0.6) is 11.5 Å². The molecule has 0 radical (unpaired) electrons. The summed E-state index contributed by atoms with van der Waals surface area (Å²) in [6, 6.07) is 12.0. The van der Waals surface area contributed by atoms with Gasteiger partial charge in [0.05, 0.1) is 25.3 Å². The van der Waals surface area contributed by atoms with E-state index >= 15 is 0 Å². The molecule has 0 bridgehead atoms. The van der Waals surface area contributed by atoms with Crippen LogP contribution >= 0.6 is 0 Å². The summed E-state index contributed by atoms with van der Waals surface area (Å²) < 4.78 is 31.9. The molecule has 168 valence electrons. The lowest BCUT2D eigenvalue weighted by Gasteiger charge is -2.18. The topological polar surface area (TPSA) is 77.5 Å². The number of rotatable bonds is 6. The number of ether oxygens (including phenoxy) is 3. The van der Waals surface area contributed by atoms with Crippen LogP contribution in [0.2, 0.25) is 0 Å². The van der Waals surface area contributed by atoms with Gasteiger partial charge in [0.25, 0.3) is 0 Å². The fourth-order valence-electron chi connectivity index (χ4n) is 3.52. The maximum absolute atomic E-state index is 13.8. The maximum Gasteiger partial charge on any atom is 0.313 e.